The number of aromatic nitrogens is 2. The SMILES string of the molecule is Cc1nc(-c2ccccc2)nc(N/N=C\c2ccccc2F)c1C. The van der Waals surface area contributed by atoms with Gasteiger partial charge in [-0.15, -0.1) is 0 Å². The Labute approximate surface area is 140 Å². The molecule has 4 nitrogen and oxygen atoms in total. The van der Waals surface area contributed by atoms with Crippen LogP contribution in [-0.2, 0) is 0 Å². The van der Waals surface area contributed by atoms with Gasteiger partial charge in [0.2, 0.25) is 0 Å². The number of hydrogen-bond acceptors (Lipinski definition) is 4. The van der Waals surface area contributed by atoms with Crippen LogP contribution in [0.3, 0.4) is 0 Å². The first-order valence-electron chi connectivity index (χ1n) is 7.59. The van der Waals surface area contributed by atoms with Gasteiger partial charge < -0.3 is 0 Å². The Bertz CT molecular complexity index is 876. The van der Waals surface area contributed by atoms with Crippen molar-refractivity contribution in [3.8, 4) is 11.4 Å². The molecule has 1 heterocycles. The van der Waals surface area contributed by atoms with Gasteiger partial charge in [0.1, 0.15) is 5.82 Å². The van der Waals surface area contributed by atoms with Crippen LogP contribution in [-0.4, -0.2) is 16.2 Å². The molecule has 0 amide bonds. The van der Waals surface area contributed by atoms with Crippen LogP contribution in [0.25, 0.3) is 11.4 Å². The van der Waals surface area contributed by atoms with Crippen molar-refractivity contribution < 1.29 is 4.39 Å². The van der Waals surface area contributed by atoms with E-state index in [4.69, 9.17) is 0 Å². The Hall–Kier alpha value is -3.08. The molecule has 0 radical (unpaired) electrons. The highest BCUT2D eigenvalue weighted by Gasteiger charge is 2.09. The van der Waals surface area contributed by atoms with Crippen LogP contribution in [0.2, 0.25) is 0 Å². The smallest absolute Gasteiger partial charge is 0.161 e. The van der Waals surface area contributed by atoms with E-state index >= 15 is 0 Å². The average Bonchev–Trinajstić information content (AvgIpc) is 2.61. The zero-order valence-electron chi connectivity index (χ0n) is 13.5. The average molecular weight is 320 g/mol. The Kier molecular flexibility index (Phi) is 4.61. The number of rotatable bonds is 4. The lowest BCUT2D eigenvalue weighted by Crippen LogP contribution is -2.03. The van der Waals surface area contributed by atoms with Crippen LogP contribution in [0, 0.1) is 19.7 Å². The number of hydrazone groups is 1. The van der Waals surface area contributed by atoms with Crippen LogP contribution in [0.1, 0.15) is 16.8 Å². The Morgan fingerprint density at radius 3 is 2.42 bits per heavy atom. The van der Waals surface area contributed by atoms with E-state index in [-0.39, 0.29) is 5.82 Å². The predicted molar refractivity (Wildman–Crippen MR) is 94.6 cm³/mol. The second kappa shape index (κ2) is 7.00. The summed E-state index contributed by atoms with van der Waals surface area (Å²) >= 11 is 0. The second-order valence-electron chi connectivity index (χ2n) is 5.36. The van der Waals surface area contributed by atoms with Gasteiger partial charge in [-0.25, -0.2) is 14.4 Å². The van der Waals surface area contributed by atoms with Gasteiger partial charge in [0.25, 0.3) is 0 Å². The van der Waals surface area contributed by atoms with Crippen LogP contribution in [0.5, 0.6) is 0 Å². The van der Waals surface area contributed by atoms with Crippen molar-refractivity contribution in [2.75, 3.05) is 5.43 Å². The Morgan fingerprint density at radius 1 is 0.958 bits per heavy atom. The maximum Gasteiger partial charge on any atom is 0.161 e. The van der Waals surface area contributed by atoms with Gasteiger partial charge in [-0.2, -0.15) is 5.10 Å². The molecule has 0 unspecified atom stereocenters. The summed E-state index contributed by atoms with van der Waals surface area (Å²) in [4.78, 5) is 9.05. The molecular formula is C19H17FN4. The maximum atomic E-state index is 13.6. The molecule has 0 spiro atoms. The Morgan fingerprint density at radius 2 is 1.67 bits per heavy atom. The minimum absolute atomic E-state index is 0.316. The quantitative estimate of drug-likeness (QED) is 0.574. The molecule has 0 aliphatic rings. The minimum atomic E-state index is -0.316. The van der Waals surface area contributed by atoms with Gasteiger partial charge in [-0.1, -0.05) is 48.5 Å². The number of aryl methyl sites for hydroxylation is 1. The van der Waals surface area contributed by atoms with E-state index in [2.05, 4.69) is 20.5 Å². The molecule has 120 valence electrons. The van der Waals surface area contributed by atoms with Gasteiger partial charge in [0.15, 0.2) is 11.6 Å². The topological polar surface area (TPSA) is 50.2 Å². The fourth-order valence-electron chi connectivity index (χ4n) is 2.20. The van der Waals surface area contributed by atoms with Crippen molar-refractivity contribution in [2.45, 2.75) is 13.8 Å². The zero-order valence-corrected chi connectivity index (χ0v) is 13.5. The zero-order chi connectivity index (χ0) is 16.9. The van der Waals surface area contributed by atoms with Crippen LogP contribution in [0.15, 0.2) is 59.7 Å². The summed E-state index contributed by atoms with van der Waals surface area (Å²) < 4.78 is 13.6. The van der Waals surface area contributed by atoms with Crippen molar-refractivity contribution >= 4 is 12.0 Å². The molecule has 0 saturated heterocycles. The van der Waals surface area contributed by atoms with Crippen molar-refractivity contribution in [1.29, 1.82) is 0 Å². The molecule has 1 aromatic heterocycles. The Balaban J connectivity index is 1.88. The van der Waals surface area contributed by atoms with E-state index in [1.165, 1.54) is 12.3 Å². The van der Waals surface area contributed by atoms with Crippen molar-refractivity contribution in [1.82, 2.24) is 9.97 Å². The van der Waals surface area contributed by atoms with E-state index in [0.717, 1.165) is 16.8 Å². The van der Waals surface area contributed by atoms with Gasteiger partial charge in [-0.05, 0) is 19.9 Å². The van der Waals surface area contributed by atoms with Crippen LogP contribution < -0.4 is 5.43 Å². The summed E-state index contributed by atoms with van der Waals surface area (Å²) in [7, 11) is 0. The molecule has 0 aliphatic heterocycles. The summed E-state index contributed by atoms with van der Waals surface area (Å²) in [6, 6.07) is 16.2. The standard InChI is InChI=1S/C19H17FN4/c1-13-14(2)22-19(15-8-4-3-5-9-15)23-18(13)24-21-12-16-10-6-7-11-17(16)20/h3-12H,1-2H3,(H,22,23,24)/b21-12-. The van der Waals surface area contributed by atoms with Gasteiger partial charge >= 0.3 is 0 Å². The highest BCUT2D eigenvalue weighted by Crippen LogP contribution is 2.21. The van der Waals surface area contributed by atoms with E-state index in [1.54, 1.807) is 18.2 Å². The van der Waals surface area contributed by atoms with Crippen LogP contribution >= 0.6 is 0 Å². The van der Waals surface area contributed by atoms with E-state index in [9.17, 15) is 4.39 Å². The molecule has 5 heteroatoms. The van der Waals surface area contributed by atoms with E-state index in [0.29, 0.717) is 17.2 Å². The third-order valence-corrected chi connectivity index (χ3v) is 3.70. The van der Waals surface area contributed by atoms with Gasteiger partial charge in [0.05, 0.1) is 6.21 Å². The van der Waals surface area contributed by atoms with Crippen molar-refractivity contribution in [3.63, 3.8) is 0 Å². The molecule has 24 heavy (non-hydrogen) atoms. The lowest BCUT2D eigenvalue weighted by molar-refractivity contribution is 0.626. The van der Waals surface area contributed by atoms with Crippen molar-refractivity contribution in [2.24, 2.45) is 5.10 Å². The molecule has 0 aliphatic carbocycles. The molecule has 0 atom stereocenters. The largest absolute Gasteiger partial charge is 0.261 e. The maximum absolute atomic E-state index is 13.6. The fourth-order valence-corrected chi connectivity index (χ4v) is 2.20. The molecule has 0 bridgehead atoms. The number of nitrogens with one attached hydrogen (secondary N) is 1. The monoisotopic (exact) mass is 320 g/mol. The normalized spacial score (nSPS) is 11.0. The third-order valence-electron chi connectivity index (χ3n) is 3.70. The highest BCUT2D eigenvalue weighted by atomic mass is 19.1. The fraction of sp³-hybridized carbons (Fsp3) is 0.105. The number of benzene rings is 2. The number of nitrogens with zero attached hydrogens (tertiary/aromatic N) is 3. The molecule has 0 fully saturated rings. The first-order chi connectivity index (χ1) is 11.6. The van der Waals surface area contributed by atoms with Crippen LogP contribution in [0.4, 0.5) is 10.2 Å². The van der Waals surface area contributed by atoms with Crippen molar-refractivity contribution in [3.05, 3.63) is 77.2 Å². The van der Waals surface area contributed by atoms with E-state index in [1.807, 2.05) is 44.2 Å². The second-order valence-corrected chi connectivity index (χ2v) is 5.36. The predicted octanol–water partition coefficient (Wildman–Crippen LogP) is 4.35. The van der Waals surface area contributed by atoms with Gasteiger partial charge in [0, 0.05) is 22.4 Å². The lowest BCUT2D eigenvalue weighted by atomic mass is 10.2. The molecule has 3 aromatic rings. The van der Waals surface area contributed by atoms with E-state index < -0.39 is 0 Å². The summed E-state index contributed by atoms with van der Waals surface area (Å²) in [5.41, 5.74) is 6.01. The summed E-state index contributed by atoms with van der Waals surface area (Å²) in [5.74, 6) is 0.917. The molecule has 0 saturated carbocycles. The lowest BCUT2D eigenvalue weighted by Gasteiger charge is -2.09. The first kappa shape index (κ1) is 15.8. The number of halogens is 1. The molecule has 1 N–H and O–H groups in total. The van der Waals surface area contributed by atoms with Gasteiger partial charge in [-0.3, -0.25) is 5.43 Å². The minimum Gasteiger partial charge on any atom is -0.261 e. The summed E-state index contributed by atoms with van der Waals surface area (Å²) in [6.07, 6.45) is 1.44. The first-order valence-corrected chi connectivity index (χ1v) is 7.59. The highest BCUT2D eigenvalue weighted by molar-refractivity contribution is 5.80. The number of anilines is 1. The molecule has 2 aromatic carbocycles. The number of hydrogen-bond donors (Lipinski definition) is 1. The third kappa shape index (κ3) is 3.46. The summed E-state index contributed by atoms with van der Waals surface area (Å²) in [5, 5.41) is 4.10. The summed E-state index contributed by atoms with van der Waals surface area (Å²) in [6.45, 7) is 3.85. The molecule has 3 rings (SSSR count). The molecular weight excluding hydrogens is 303 g/mol.